The molecule has 1 unspecified atom stereocenters. The molecule has 3 aromatic rings. The van der Waals surface area contributed by atoms with E-state index in [1.165, 1.54) is 55.2 Å². The van der Waals surface area contributed by atoms with Crippen molar-refractivity contribution in [2.24, 2.45) is 5.92 Å². The lowest BCUT2D eigenvalue weighted by atomic mass is 9.73. The molecule has 2 nitrogen and oxygen atoms in total. The second kappa shape index (κ2) is 5.87. The van der Waals surface area contributed by atoms with Gasteiger partial charge in [-0.05, 0) is 23.5 Å². The van der Waals surface area contributed by atoms with Crippen LogP contribution in [0.1, 0.15) is 49.7 Å². The van der Waals surface area contributed by atoms with Gasteiger partial charge >= 0.3 is 0 Å². The third kappa shape index (κ3) is 2.20. The first kappa shape index (κ1) is 14.9. The van der Waals surface area contributed by atoms with Gasteiger partial charge in [-0.15, -0.1) is 0 Å². The van der Waals surface area contributed by atoms with Crippen LogP contribution in [0.25, 0.3) is 11.4 Å². The topological polar surface area (TPSA) is 17.8 Å². The molecule has 25 heavy (non-hydrogen) atoms. The molecule has 2 aromatic carbocycles. The van der Waals surface area contributed by atoms with Crippen molar-refractivity contribution < 1.29 is 0 Å². The molecule has 1 saturated carbocycles. The minimum Gasteiger partial charge on any atom is -0.317 e. The smallest absolute Gasteiger partial charge is 0.141 e. The molecule has 0 saturated heterocycles. The van der Waals surface area contributed by atoms with E-state index >= 15 is 0 Å². The number of hydrogen-bond donors (Lipinski definition) is 0. The molecular weight excluding hydrogens is 304 g/mol. The molecule has 2 aliphatic rings. The Labute approximate surface area is 149 Å². The lowest BCUT2D eigenvalue weighted by Gasteiger charge is -2.38. The van der Waals surface area contributed by atoms with Gasteiger partial charge in [0.25, 0.3) is 0 Å². The van der Waals surface area contributed by atoms with Gasteiger partial charge in [-0.2, -0.15) is 0 Å². The summed E-state index contributed by atoms with van der Waals surface area (Å²) in [5.74, 6) is 1.91. The van der Waals surface area contributed by atoms with Gasteiger partial charge in [0.05, 0.1) is 5.54 Å². The van der Waals surface area contributed by atoms with Gasteiger partial charge in [0, 0.05) is 18.0 Å². The highest BCUT2D eigenvalue weighted by Crippen LogP contribution is 2.51. The van der Waals surface area contributed by atoms with Crippen LogP contribution in [0.2, 0.25) is 0 Å². The highest BCUT2D eigenvalue weighted by atomic mass is 15.2. The quantitative estimate of drug-likeness (QED) is 0.609. The standard InChI is InChI=1S/C23H24N2/c1-3-9-18(10-4-1)17-23(19-11-5-2-6-12-19)21-14-8-7-13-20(21)22-24-15-16-25(22)23/h2,5-8,11-16,18H,1,3-4,9-10,17H2. The Bertz CT molecular complexity index is 874. The fourth-order valence-electron chi connectivity index (χ4n) is 5.12. The highest BCUT2D eigenvalue weighted by molar-refractivity contribution is 5.71. The Morgan fingerprint density at radius 2 is 1.68 bits per heavy atom. The highest BCUT2D eigenvalue weighted by Gasteiger charge is 2.45. The van der Waals surface area contributed by atoms with E-state index in [-0.39, 0.29) is 5.54 Å². The van der Waals surface area contributed by atoms with Gasteiger partial charge in [0.15, 0.2) is 0 Å². The monoisotopic (exact) mass is 328 g/mol. The fourth-order valence-corrected chi connectivity index (χ4v) is 5.12. The van der Waals surface area contributed by atoms with Crippen LogP contribution in [0.15, 0.2) is 67.0 Å². The second-order valence-corrected chi connectivity index (χ2v) is 7.60. The van der Waals surface area contributed by atoms with Crippen LogP contribution in [0, 0.1) is 5.92 Å². The van der Waals surface area contributed by atoms with Crippen LogP contribution in [0.3, 0.4) is 0 Å². The Balaban J connectivity index is 1.74. The summed E-state index contributed by atoms with van der Waals surface area (Å²) in [5.41, 5.74) is 4.01. The first-order valence-corrected chi connectivity index (χ1v) is 9.59. The number of imidazole rings is 1. The van der Waals surface area contributed by atoms with E-state index < -0.39 is 0 Å². The summed E-state index contributed by atoms with van der Waals surface area (Å²) >= 11 is 0. The largest absolute Gasteiger partial charge is 0.317 e. The predicted octanol–water partition coefficient (Wildman–Crippen LogP) is 5.63. The maximum atomic E-state index is 4.71. The molecule has 1 aliphatic heterocycles. The van der Waals surface area contributed by atoms with Crippen molar-refractivity contribution in [3.8, 4) is 11.4 Å². The summed E-state index contributed by atoms with van der Waals surface area (Å²) < 4.78 is 2.45. The van der Waals surface area contributed by atoms with Crippen molar-refractivity contribution in [3.63, 3.8) is 0 Å². The molecule has 0 spiro atoms. The van der Waals surface area contributed by atoms with E-state index in [4.69, 9.17) is 4.98 Å². The van der Waals surface area contributed by atoms with Crippen molar-refractivity contribution in [2.45, 2.75) is 44.1 Å². The van der Waals surface area contributed by atoms with E-state index in [1.807, 2.05) is 6.20 Å². The lowest BCUT2D eigenvalue weighted by Crippen LogP contribution is -2.36. The van der Waals surface area contributed by atoms with Gasteiger partial charge in [0.2, 0.25) is 0 Å². The maximum absolute atomic E-state index is 4.71. The molecule has 126 valence electrons. The van der Waals surface area contributed by atoms with Crippen LogP contribution in [0.5, 0.6) is 0 Å². The van der Waals surface area contributed by atoms with E-state index in [9.17, 15) is 0 Å². The minimum atomic E-state index is -0.105. The second-order valence-electron chi connectivity index (χ2n) is 7.60. The fraction of sp³-hybridized carbons (Fsp3) is 0.348. The summed E-state index contributed by atoms with van der Waals surface area (Å²) in [5, 5.41) is 0. The van der Waals surface area contributed by atoms with Crippen LogP contribution in [-0.2, 0) is 5.54 Å². The molecule has 0 bridgehead atoms. The van der Waals surface area contributed by atoms with Gasteiger partial charge in [-0.25, -0.2) is 4.98 Å². The average molecular weight is 328 g/mol. The Kier molecular flexibility index (Phi) is 3.51. The number of rotatable bonds is 3. The third-order valence-corrected chi connectivity index (χ3v) is 6.23. The Hall–Kier alpha value is -2.35. The number of fused-ring (bicyclic) bond motifs is 3. The van der Waals surface area contributed by atoms with Gasteiger partial charge < -0.3 is 4.57 Å². The van der Waals surface area contributed by atoms with Gasteiger partial charge in [-0.3, -0.25) is 0 Å². The SMILES string of the molecule is c1ccc(C2(CC3CCCCC3)c3ccccc3-c3nccn32)cc1. The van der Waals surface area contributed by atoms with Crippen LogP contribution < -0.4 is 0 Å². The summed E-state index contributed by atoms with van der Waals surface area (Å²) in [6, 6.07) is 19.9. The lowest BCUT2D eigenvalue weighted by molar-refractivity contribution is 0.264. The number of aromatic nitrogens is 2. The summed E-state index contributed by atoms with van der Waals surface area (Å²) in [7, 11) is 0. The zero-order chi connectivity index (χ0) is 16.7. The van der Waals surface area contributed by atoms with Crippen molar-refractivity contribution in [2.75, 3.05) is 0 Å². The van der Waals surface area contributed by atoms with Crippen LogP contribution in [-0.4, -0.2) is 9.55 Å². The summed E-state index contributed by atoms with van der Waals surface area (Å²) in [4.78, 5) is 4.71. The normalized spacial score (nSPS) is 22.6. The van der Waals surface area contributed by atoms with E-state index in [1.54, 1.807) is 0 Å². The summed E-state index contributed by atoms with van der Waals surface area (Å²) in [6.45, 7) is 0. The molecule has 0 amide bonds. The van der Waals surface area contributed by atoms with E-state index in [0.29, 0.717) is 0 Å². The molecular formula is C23H24N2. The minimum absolute atomic E-state index is 0.105. The zero-order valence-electron chi connectivity index (χ0n) is 14.6. The maximum Gasteiger partial charge on any atom is 0.141 e. The van der Waals surface area contributed by atoms with Crippen molar-refractivity contribution in [1.82, 2.24) is 9.55 Å². The van der Waals surface area contributed by atoms with Crippen LogP contribution >= 0.6 is 0 Å². The first-order chi connectivity index (χ1) is 12.4. The zero-order valence-corrected chi connectivity index (χ0v) is 14.6. The number of benzene rings is 2. The first-order valence-electron chi connectivity index (χ1n) is 9.59. The number of nitrogens with zero attached hydrogens (tertiary/aromatic N) is 2. The summed E-state index contributed by atoms with van der Waals surface area (Å²) in [6.07, 6.45) is 12.2. The number of hydrogen-bond acceptors (Lipinski definition) is 1. The molecule has 1 fully saturated rings. The van der Waals surface area contributed by atoms with Crippen molar-refractivity contribution >= 4 is 0 Å². The molecule has 2 heterocycles. The average Bonchev–Trinajstić information content (AvgIpc) is 3.26. The van der Waals surface area contributed by atoms with E-state index in [0.717, 1.165) is 11.7 Å². The van der Waals surface area contributed by atoms with Crippen molar-refractivity contribution in [3.05, 3.63) is 78.1 Å². The molecule has 2 heteroatoms. The van der Waals surface area contributed by atoms with Crippen molar-refractivity contribution in [1.29, 1.82) is 0 Å². The molecule has 5 rings (SSSR count). The molecule has 0 radical (unpaired) electrons. The molecule has 1 atom stereocenters. The molecule has 0 N–H and O–H groups in total. The third-order valence-electron chi connectivity index (χ3n) is 6.23. The Morgan fingerprint density at radius 3 is 2.52 bits per heavy atom. The van der Waals surface area contributed by atoms with E-state index in [2.05, 4.69) is 65.4 Å². The molecule has 1 aromatic heterocycles. The molecule has 1 aliphatic carbocycles. The predicted molar refractivity (Wildman–Crippen MR) is 101 cm³/mol. The van der Waals surface area contributed by atoms with Gasteiger partial charge in [0.1, 0.15) is 5.82 Å². The van der Waals surface area contributed by atoms with Gasteiger partial charge in [-0.1, -0.05) is 86.7 Å². The Morgan fingerprint density at radius 1 is 0.920 bits per heavy atom. The van der Waals surface area contributed by atoms with Crippen LogP contribution in [0.4, 0.5) is 0 Å².